The number of benzene rings is 1. The standard InChI is InChI=1S/C39H68O7Si2/c1-16-42-35(40)24-18-28(2)34(46-48(14,15)39(8,9)10)26-33(45-47(12,13)38(5,6)7)21-17-29(3)37-30(4)27-43-36(44-37)25-31-19-22-32(41-11)23-20-31/h17-24,28-30,33-34,36-37H,16,25-27H2,1-15H3/t28-,29+,30+,33-,34+,36?,37?/m1/s1. The Morgan fingerprint density at radius 2 is 1.52 bits per heavy atom. The van der Waals surface area contributed by atoms with E-state index in [1.165, 1.54) is 0 Å². The van der Waals surface area contributed by atoms with Gasteiger partial charge in [0, 0.05) is 30.8 Å². The van der Waals surface area contributed by atoms with Crippen LogP contribution in [0.2, 0.25) is 36.3 Å². The lowest BCUT2D eigenvalue weighted by molar-refractivity contribution is -0.239. The molecule has 2 rings (SSSR count). The van der Waals surface area contributed by atoms with Gasteiger partial charge in [0.2, 0.25) is 0 Å². The Morgan fingerprint density at radius 1 is 0.938 bits per heavy atom. The van der Waals surface area contributed by atoms with Gasteiger partial charge >= 0.3 is 5.97 Å². The van der Waals surface area contributed by atoms with E-state index in [1.807, 2.05) is 25.1 Å². The quantitative estimate of drug-likeness (QED) is 0.0734. The van der Waals surface area contributed by atoms with Crippen molar-refractivity contribution >= 4 is 22.6 Å². The molecule has 1 heterocycles. The van der Waals surface area contributed by atoms with Crippen molar-refractivity contribution in [2.45, 2.75) is 143 Å². The number of methoxy groups -OCH3 is 1. The molecule has 0 aliphatic carbocycles. The highest BCUT2D eigenvalue weighted by atomic mass is 28.4. The van der Waals surface area contributed by atoms with Gasteiger partial charge in [0.05, 0.1) is 38.6 Å². The third-order valence-corrected chi connectivity index (χ3v) is 19.5. The van der Waals surface area contributed by atoms with Crippen LogP contribution in [-0.2, 0) is 34.3 Å². The van der Waals surface area contributed by atoms with Gasteiger partial charge in [-0.05, 0) is 66.8 Å². The molecule has 0 N–H and O–H groups in total. The lowest BCUT2D eigenvalue weighted by Gasteiger charge is -2.43. The molecule has 1 aromatic rings. The van der Waals surface area contributed by atoms with E-state index in [4.69, 9.17) is 27.8 Å². The molecule has 274 valence electrons. The highest BCUT2D eigenvalue weighted by molar-refractivity contribution is 6.74. The largest absolute Gasteiger partial charge is 0.497 e. The van der Waals surface area contributed by atoms with Gasteiger partial charge in [-0.3, -0.25) is 0 Å². The second kappa shape index (κ2) is 17.9. The number of rotatable bonds is 16. The van der Waals surface area contributed by atoms with Crippen molar-refractivity contribution in [1.82, 2.24) is 0 Å². The van der Waals surface area contributed by atoms with E-state index in [2.05, 4.69) is 113 Å². The zero-order valence-corrected chi connectivity index (χ0v) is 34.8. The van der Waals surface area contributed by atoms with Gasteiger partial charge in [0.15, 0.2) is 22.9 Å². The topological polar surface area (TPSA) is 72.5 Å². The highest BCUT2D eigenvalue weighted by Gasteiger charge is 2.43. The minimum absolute atomic E-state index is 0.0116. The van der Waals surface area contributed by atoms with Crippen molar-refractivity contribution in [2.24, 2.45) is 17.8 Å². The van der Waals surface area contributed by atoms with Crippen LogP contribution in [0, 0.1) is 17.8 Å². The van der Waals surface area contributed by atoms with Crippen LogP contribution in [0.25, 0.3) is 0 Å². The summed E-state index contributed by atoms with van der Waals surface area (Å²) in [6, 6.07) is 8.08. The molecule has 1 saturated heterocycles. The first-order valence-corrected chi connectivity index (χ1v) is 23.7. The molecule has 48 heavy (non-hydrogen) atoms. The summed E-state index contributed by atoms with van der Waals surface area (Å²) < 4.78 is 37.4. The summed E-state index contributed by atoms with van der Waals surface area (Å²) in [5.74, 6) is 0.893. The average molecular weight is 705 g/mol. The Bertz CT molecular complexity index is 1180. The number of carbonyl (C=O) groups is 1. The van der Waals surface area contributed by atoms with Crippen LogP contribution in [0.5, 0.6) is 5.75 Å². The maximum atomic E-state index is 12.2. The molecule has 0 radical (unpaired) electrons. The van der Waals surface area contributed by atoms with E-state index in [1.54, 1.807) is 13.2 Å². The van der Waals surface area contributed by atoms with E-state index < -0.39 is 16.6 Å². The van der Waals surface area contributed by atoms with Gasteiger partial charge < -0.3 is 27.8 Å². The summed E-state index contributed by atoms with van der Waals surface area (Å²) in [6.45, 7) is 32.2. The fourth-order valence-corrected chi connectivity index (χ4v) is 7.94. The van der Waals surface area contributed by atoms with E-state index in [0.29, 0.717) is 26.1 Å². The lowest BCUT2D eigenvalue weighted by atomic mass is 9.91. The maximum Gasteiger partial charge on any atom is 0.330 e. The molecule has 7 nitrogen and oxygen atoms in total. The van der Waals surface area contributed by atoms with Crippen molar-refractivity contribution in [3.8, 4) is 5.75 Å². The molecule has 0 bridgehead atoms. The van der Waals surface area contributed by atoms with Gasteiger partial charge in [0.25, 0.3) is 0 Å². The fourth-order valence-electron chi connectivity index (χ4n) is 5.23. The minimum atomic E-state index is -2.15. The molecule has 1 aromatic carbocycles. The van der Waals surface area contributed by atoms with Crippen LogP contribution in [0.1, 0.15) is 81.2 Å². The van der Waals surface area contributed by atoms with E-state index >= 15 is 0 Å². The van der Waals surface area contributed by atoms with Gasteiger partial charge in [0.1, 0.15) is 5.75 Å². The monoisotopic (exact) mass is 704 g/mol. The van der Waals surface area contributed by atoms with Gasteiger partial charge in [-0.2, -0.15) is 0 Å². The summed E-state index contributed by atoms with van der Waals surface area (Å²) >= 11 is 0. The molecule has 2 unspecified atom stereocenters. The number of hydrogen-bond donors (Lipinski definition) is 0. The van der Waals surface area contributed by atoms with Crippen LogP contribution >= 0.6 is 0 Å². The number of hydrogen-bond acceptors (Lipinski definition) is 7. The molecular weight excluding hydrogens is 637 g/mol. The molecule has 1 aliphatic rings. The molecule has 1 aliphatic heterocycles. The Labute approximate surface area is 295 Å². The van der Waals surface area contributed by atoms with E-state index in [-0.39, 0.29) is 58.4 Å². The van der Waals surface area contributed by atoms with Crippen LogP contribution in [0.3, 0.4) is 0 Å². The summed E-state index contributed by atoms with van der Waals surface area (Å²) in [6.07, 6.45) is 8.78. The molecule has 1 fully saturated rings. The SMILES string of the molecule is CCOC(=O)C=C[C@@H](C)[C@H](C[C@@H](C=C[C@H](C)C1OC(Cc2ccc(OC)cc2)OC[C@@H]1C)O[Si](C)(C)C(C)(C)C)O[Si](C)(C)C(C)(C)C. The second-order valence-corrected chi connectivity index (χ2v) is 26.2. The van der Waals surface area contributed by atoms with Crippen molar-refractivity contribution in [3.63, 3.8) is 0 Å². The van der Waals surface area contributed by atoms with Crippen LogP contribution in [0.15, 0.2) is 48.6 Å². The zero-order chi connectivity index (χ0) is 36.5. The molecule has 0 aromatic heterocycles. The minimum Gasteiger partial charge on any atom is -0.497 e. The molecule has 7 atom stereocenters. The van der Waals surface area contributed by atoms with Gasteiger partial charge in [-0.1, -0.05) is 92.7 Å². The lowest BCUT2D eigenvalue weighted by Crippen LogP contribution is -2.48. The Balaban J connectivity index is 2.37. The fraction of sp³-hybridized carbons (Fsp3) is 0.718. The summed E-state index contributed by atoms with van der Waals surface area (Å²) in [5, 5.41) is 0.0811. The number of carbonyl (C=O) groups excluding carboxylic acids is 1. The van der Waals surface area contributed by atoms with Crippen molar-refractivity contribution in [3.05, 3.63) is 54.1 Å². The van der Waals surface area contributed by atoms with Gasteiger partial charge in [-0.15, -0.1) is 0 Å². The van der Waals surface area contributed by atoms with Crippen molar-refractivity contribution in [1.29, 1.82) is 0 Å². The Morgan fingerprint density at radius 3 is 2.06 bits per heavy atom. The predicted molar refractivity (Wildman–Crippen MR) is 202 cm³/mol. The summed E-state index contributed by atoms with van der Waals surface area (Å²) in [4.78, 5) is 12.2. The van der Waals surface area contributed by atoms with E-state index in [0.717, 1.165) is 11.3 Å². The smallest absolute Gasteiger partial charge is 0.330 e. The predicted octanol–water partition coefficient (Wildman–Crippen LogP) is 9.73. The molecule has 0 saturated carbocycles. The van der Waals surface area contributed by atoms with Crippen molar-refractivity contribution in [2.75, 3.05) is 20.3 Å². The van der Waals surface area contributed by atoms with Crippen LogP contribution < -0.4 is 4.74 Å². The first-order valence-electron chi connectivity index (χ1n) is 17.9. The molecule has 0 spiro atoms. The third kappa shape index (κ3) is 12.8. The van der Waals surface area contributed by atoms with Gasteiger partial charge in [-0.25, -0.2) is 4.79 Å². The first-order chi connectivity index (χ1) is 22.1. The third-order valence-electron chi connectivity index (χ3n) is 10.5. The number of ether oxygens (including phenoxy) is 4. The average Bonchev–Trinajstić information content (AvgIpc) is 2.98. The van der Waals surface area contributed by atoms with Crippen LogP contribution in [0.4, 0.5) is 0 Å². The molecule has 9 heteroatoms. The summed E-state index contributed by atoms with van der Waals surface area (Å²) in [7, 11) is -2.62. The van der Waals surface area contributed by atoms with Crippen LogP contribution in [-0.4, -0.2) is 67.5 Å². The number of esters is 1. The normalized spacial score (nSPS) is 22.4. The molecular formula is C39H68O7Si2. The zero-order valence-electron chi connectivity index (χ0n) is 32.8. The maximum absolute atomic E-state index is 12.2. The highest BCUT2D eigenvalue weighted by Crippen LogP contribution is 2.41. The second-order valence-electron chi connectivity index (χ2n) is 16.7. The van der Waals surface area contributed by atoms with Crippen molar-refractivity contribution < 1.29 is 32.6 Å². The molecule has 0 amide bonds. The Kier molecular flexibility index (Phi) is 15.9. The Hall–Kier alpha value is -1.76. The van der Waals surface area contributed by atoms with E-state index in [9.17, 15) is 4.79 Å². The summed E-state index contributed by atoms with van der Waals surface area (Å²) in [5.41, 5.74) is 1.15. The first kappa shape index (κ1) is 42.4.